The monoisotopic (exact) mass is 256 g/mol. The highest BCUT2D eigenvalue weighted by Crippen LogP contribution is 2.14. The largest absolute Gasteiger partial charge is 0.465 e. The van der Waals surface area contributed by atoms with Crippen LogP contribution < -0.4 is 4.74 Å². The Morgan fingerprint density at radius 3 is 1.95 bits per heavy atom. The van der Waals surface area contributed by atoms with Crippen LogP contribution in [0.25, 0.3) is 0 Å². The average Bonchev–Trinajstić information content (AvgIpc) is 2.48. The third-order valence-corrected chi connectivity index (χ3v) is 2.50. The number of ether oxygens (including phenoxy) is 2. The number of hydrogen-bond donors (Lipinski definition) is 0. The Hall–Kier alpha value is -2.62. The van der Waals surface area contributed by atoms with Crippen molar-refractivity contribution in [1.29, 1.82) is 0 Å². The van der Waals surface area contributed by atoms with Gasteiger partial charge >= 0.3 is 11.9 Å². The van der Waals surface area contributed by atoms with E-state index in [9.17, 15) is 9.59 Å². The highest BCUT2D eigenvalue weighted by atomic mass is 16.5. The molecule has 0 aliphatic rings. The van der Waals surface area contributed by atoms with Crippen LogP contribution in [-0.4, -0.2) is 19.0 Å². The Balaban J connectivity index is 2.08. The van der Waals surface area contributed by atoms with E-state index in [2.05, 4.69) is 4.74 Å². The molecule has 0 fully saturated rings. The average molecular weight is 256 g/mol. The number of methoxy groups -OCH3 is 1. The molecule has 19 heavy (non-hydrogen) atoms. The topological polar surface area (TPSA) is 52.6 Å². The van der Waals surface area contributed by atoms with Crippen LogP contribution in [0.3, 0.4) is 0 Å². The van der Waals surface area contributed by atoms with Gasteiger partial charge in [-0.1, -0.05) is 18.2 Å². The molecule has 0 amide bonds. The SMILES string of the molecule is COC(=O)c1ccc(OC(=O)c2ccccc2)cc1. The van der Waals surface area contributed by atoms with Crippen molar-refractivity contribution in [1.82, 2.24) is 0 Å². The third-order valence-electron chi connectivity index (χ3n) is 2.50. The van der Waals surface area contributed by atoms with Crippen LogP contribution in [0.15, 0.2) is 54.6 Å². The van der Waals surface area contributed by atoms with Gasteiger partial charge in [0.25, 0.3) is 0 Å². The summed E-state index contributed by atoms with van der Waals surface area (Å²) in [5.74, 6) is -0.492. The third kappa shape index (κ3) is 3.19. The van der Waals surface area contributed by atoms with Crippen LogP contribution in [0.1, 0.15) is 20.7 Å². The van der Waals surface area contributed by atoms with E-state index in [1.807, 2.05) is 6.07 Å². The van der Waals surface area contributed by atoms with Crippen molar-refractivity contribution in [2.24, 2.45) is 0 Å². The van der Waals surface area contributed by atoms with Gasteiger partial charge in [-0.15, -0.1) is 0 Å². The normalized spacial score (nSPS) is 9.74. The minimum Gasteiger partial charge on any atom is -0.465 e. The van der Waals surface area contributed by atoms with E-state index in [-0.39, 0.29) is 0 Å². The predicted molar refractivity (Wildman–Crippen MR) is 69.2 cm³/mol. The molecule has 0 spiro atoms. The lowest BCUT2D eigenvalue weighted by Gasteiger charge is -2.05. The van der Waals surface area contributed by atoms with Crippen molar-refractivity contribution < 1.29 is 19.1 Å². The van der Waals surface area contributed by atoms with Crippen molar-refractivity contribution in [2.45, 2.75) is 0 Å². The Bertz CT molecular complexity index is 573. The summed E-state index contributed by atoms with van der Waals surface area (Å²) >= 11 is 0. The summed E-state index contributed by atoms with van der Waals surface area (Å²) in [4.78, 5) is 23.0. The smallest absolute Gasteiger partial charge is 0.343 e. The molecule has 0 saturated carbocycles. The van der Waals surface area contributed by atoms with Gasteiger partial charge in [-0.25, -0.2) is 9.59 Å². The van der Waals surface area contributed by atoms with E-state index in [4.69, 9.17) is 4.74 Å². The van der Waals surface area contributed by atoms with Crippen LogP contribution in [-0.2, 0) is 4.74 Å². The predicted octanol–water partition coefficient (Wildman–Crippen LogP) is 2.69. The lowest BCUT2D eigenvalue weighted by atomic mass is 10.2. The first-order valence-electron chi connectivity index (χ1n) is 5.66. The summed E-state index contributed by atoms with van der Waals surface area (Å²) in [5, 5.41) is 0. The molecule has 0 aliphatic carbocycles. The lowest BCUT2D eigenvalue weighted by molar-refractivity contribution is 0.0600. The molecule has 0 N–H and O–H groups in total. The number of benzene rings is 2. The van der Waals surface area contributed by atoms with E-state index in [0.717, 1.165) is 0 Å². The van der Waals surface area contributed by atoms with Crippen molar-refractivity contribution >= 4 is 11.9 Å². The molecule has 0 atom stereocenters. The molecule has 0 radical (unpaired) electrons. The lowest BCUT2D eigenvalue weighted by Crippen LogP contribution is -2.08. The van der Waals surface area contributed by atoms with Crippen LogP contribution in [0.4, 0.5) is 0 Å². The quantitative estimate of drug-likeness (QED) is 0.626. The fourth-order valence-electron chi connectivity index (χ4n) is 1.52. The molecule has 2 aromatic rings. The van der Waals surface area contributed by atoms with Crippen LogP contribution >= 0.6 is 0 Å². The Morgan fingerprint density at radius 1 is 0.789 bits per heavy atom. The fourth-order valence-corrected chi connectivity index (χ4v) is 1.52. The molecule has 0 bridgehead atoms. The molecule has 0 aromatic heterocycles. The van der Waals surface area contributed by atoms with E-state index in [1.54, 1.807) is 48.5 Å². The van der Waals surface area contributed by atoms with Crippen molar-refractivity contribution in [3.63, 3.8) is 0 Å². The Kier molecular flexibility index (Phi) is 3.93. The molecule has 0 unspecified atom stereocenters. The minimum atomic E-state index is -0.439. The van der Waals surface area contributed by atoms with Crippen LogP contribution in [0.5, 0.6) is 5.75 Å². The highest BCUT2D eigenvalue weighted by molar-refractivity contribution is 5.91. The molecule has 0 saturated heterocycles. The van der Waals surface area contributed by atoms with Gasteiger partial charge in [0.1, 0.15) is 5.75 Å². The Labute approximate surface area is 110 Å². The van der Waals surface area contributed by atoms with Gasteiger partial charge in [0.05, 0.1) is 18.2 Å². The molecule has 2 aromatic carbocycles. The number of carbonyl (C=O) groups excluding carboxylic acids is 2. The van der Waals surface area contributed by atoms with Crippen LogP contribution in [0.2, 0.25) is 0 Å². The van der Waals surface area contributed by atoms with Gasteiger partial charge in [-0.2, -0.15) is 0 Å². The summed E-state index contributed by atoms with van der Waals surface area (Å²) in [7, 11) is 1.31. The molecular weight excluding hydrogens is 244 g/mol. The van der Waals surface area contributed by atoms with Crippen LogP contribution in [0, 0.1) is 0 Å². The Morgan fingerprint density at radius 2 is 1.37 bits per heavy atom. The maximum Gasteiger partial charge on any atom is 0.343 e. The van der Waals surface area contributed by atoms with Gasteiger partial charge in [0, 0.05) is 0 Å². The van der Waals surface area contributed by atoms with Crippen molar-refractivity contribution in [3.05, 3.63) is 65.7 Å². The second kappa shape index (κ2) is 5.82. The number of esters is 2. The zero-order chi connectivity index (χ0) is 13.7. The maximum absolute atomic E-state index is 11.8. The first-order valence-corrected chi connectivity index (χ1v) is 5.66. The summed E-state index contributed by atoms with van der Waals surface area (Å²) in [6.07, 6.45) is 0. The molecular formula is C15H12O4. The molecule has 96 valence electrons. The molecule has 4 heteroatoms. The first-order chi connectivity index (χ1) is 9.20. The minimum absolute atomic E-state index is 0.376. The van der Waals surface area contributed by atoms with E-state index in [1.165, 1.54) is 7.11 Å². The maximum atomic E-state index is 11.8. The zero-order valence-corrected chi connectivity index (χ0v) is 10.3. The van der Waals surface area contributed by atoms with Gasteiger partial charge in [-0.05, 0) is 36.4 Å². The fraction of sp³-hybridized carbons (Fsp3) is 0.0667. The van der Waals surface area contributed by atoms with E-state index in [0.29, 0.717) is 16.9 Å². The van der Waals surface area contributed by atoms with Gasteiger partial charge in [-0.3, -0.25) is 0 Å². The first kappa shape index (κ1) is 12.8. The van der Waals surface area contributed by atoms with Crippen molar-refractivity contribution in [2.75, 3.05) is 7.11 Å². The summed E-state index contributed by atoms with van der Waals surface area (Å²) in [6.45, 7) is 0. The van der Waals surface area contributed by atoms with Gasteiger partial charge in [0.2, 0.25) is 0 Å². The second-order valence-electron chi connectivity index (χ2n) is 3.77. The summed E-state index contributed by atoms with van der Waals surface area (Å²) in [6, 6.07) is 14.9. The number of rotatable bonds is 3. The second-order valence-corrected chi connectivity index (χ2v) is 3.77. The molecule has 0 heterocycles. The van der Waals surface area contributed by atoms with E-state index >= 15 is 0 Å². The standard InChI is InChI=1S/C15H12O4/c1-18-14(16)12-7-9-13(10-8-12)19-15(17)11-5-3-2-4-6-11/h2-10H,1H3. The summed E-state index contributed by atoms with van der Waals surface area (Å²) < 4.78 is 9.76. The molecule has 4 nitrogen and oxygen atoms in total. The van der Waals surface area contributed by atoms with Gasteiger partial charge < -0.3 is 9.47 Å². The molecule has 0 aliphatic heterocycles. The number of carbonyl (C=O) groups is 2. The van der Waals surface area contributed by atoms with Crippen molar-refractivity contribution in [3.8, 4) is 5.75 Å². The van der Waals surface area contributed by atoms with E-state index < -0.39 is 11.9 Å². The highest BCUT2D eigenvalue weighted by Gasteiger charge is 2.09. The molecule has 2 rings (SSSR count). The summed E-state index contributed by atoms with van der Waals surface area (Å²) in [5.41, 5.74) is 0.876. The zero-order valence-electron chi connectivity index (χ0n) is 10.3. The number of hydrogen-bond acceptors (Lipinski definition) is 4. The van der Waals surface area contributed by atoms with Gasteiger partial charge in [0.15, 0.2) is 0 Å².